The van der Waals surface area contributed by atoms with Gasteiger partial charge in [-0.1, -0.05) is 48.1 Å². The van der Waals surface area contributed by atoms with E-state index in [-0.39, 0.29) is 5.88 Å². The number of oxime groups is 1. The summed E-state index contributed by atoms with van der Waals surface area (Å²) in [4.78, 5) is 23.6. The van der Waals surface area contributed by atoms with Crippen molar-refractivity contribution < 1.29 is 14.7 Å². The maximum atomic E-state index is 11.2. The molecule has 0 saturated heterocycles. The fourth-order valence-electron chi connectivity index (χ4n) is 3.02. The van der Waals surface area contributed by atoms with Gasteiger partial charge in [-0.25, -0.2) is 9.79 Å². The molecule has 4 rings (SSSR count). The van der Waals surface area contributed by atoms with Gasteiger partial charge in [0.25, 0.3) is 0 Å². The average molecular weight is 345 g/mol. The number of aliphatic imine (C=N–C) groups is 1. The first kappa shape index (κ1) is 15.8. The summed E-state index contributed by atoms with van der Waals surface area (Å²) in [6.45, 7) is 5.04. The number of H-pyrrole nitrogens is 1. The minimum Gasteiger partial charge on any atom is -0.494 e. The molecule has 6 nitrogen and oxygen atoms in total. The van der Waals surface area contributed by atoms with Gasteiger partial charge >= 0.3 is 5.97 Å². The normalized spacial score (nSPS) is 14.3. The van der Waals surface area contributed by atoms with Gasteiger partial charge in [0.05, 0.1) is 11.3 Å². The van der Waals surface area contributed by atoms with Gasteiger partial charge in [0.15, 0.2) is 5.88 Å². The summed E-state index contributed by atoms with van der Waals surface area (Å²) in [5.74, 6) is -0.553. The number of benzene rings is 2. The molecule has 0 radical (unpaired) electrons. The van der Waals surface area contributed by atoms with Crippen LogP contribution >= 0.6 is 0 Å². The lowest BCUT2D eigenvalue weighted by atomic mass is 10.0. The number of para-hydroxylation sites is 1. The Balaban J connectivity index is 1.93. The first-order valence-corrected chi connectivity index (χ1v) is 8.00. The molecule has 2 aromatic carbocycles. The number of rotatable bonds is 3. The molecule has 2 heterocycles. The number of carbonyl (C=O) groups excluding carboxylic acids is 1. The highest BCUT2D eigenvalue weighted by molar-refractivity contribution is 6.58. The Morgan fingerprint density at radius 1 is 1.31 bits per heavy atom. The largest absolute Gasteiger partial charge is 0.494 e. The summed E-state index contributed by atoms with van der Waals surface area (Å²) in [7, 11) is 0. The second kappa shape index (κ2) is 6.00. The summed E-state index contributed by atoms with van der Waals surface area (Å²) < 4.78 is 0. The quantitative estimate of drug-likeness (QED) is 0.557. The standard InChI is InChI=1S/C20H15N3O3/c1-3-12-8-9-13-16(10-12)22-20(25)17(13)19-18(23-26-11(2)24)14-6-4-5-7-15(14)21-19/h3-10,22,25H,1H2,2H3/b23-18+. The lowest BCUT2D eigenvalue weighted by Crippen LogP contribution is -2.14. The number of aromatic nitrogens is 1. The minimum absolute atomic E-state index is 0.0247. The van der Waals surface area contributed by atoms with Gasteiger partial charge in [0.1, 0.15) is 11.4 Å². The van der Waals surface area contributed by atoms with E-state index in [1.807, 2.05) is 42.5 Å². The highest BCUT2D eigenvalue weighted by Crippen LogP contribution is 2.36. The van der Waals surface area contributed by atoms with Gasteiger partial charge < -0.3 is 14.9 Å². The number of hydrogen-bond donors (Lipinski definition) is 2. The van der Waals surface area contributed by atoms with E-state index < -0.39 is 5.97 Å². The second-order valence-electron chi connectivity index (χ2n) is 5.86. The third-order valence-corrected chi connectivity index (χ3v) is 4.16. The van der Waals surface area contributed by atoms with Gasteiger partial charge in [-0.15, -0.1) is 0 Å². The van der Waals surface area contributed by atoms with E-state index >= 15 is 0 Å². The average Bonchev–Trinajstić information content (AvgIpc) is 3.15. The van der Waals surface area contributed by atoms with Crippen molar-refractivity contribution in [3.8, 4) is 5.88 Å². The lowest BCUT2D eigenvalue weighted by Gasteiger charge is -2.04. The van der Waals surface area contributed by atoms with Crippen LogP contribution in [-0.2, 0) is 9.63 Å². The molecule has 1 aromatic heterocycles. The van der Waals surface area contributed by atoms with Crippen molar-refractivity contribution >= 4 is 40.1 Å². The van der Waals surface area contributed by atoms with Crippen molar-refractivity contribution in [3.63, 3.8) is 0 Å². The first-order valence-electron chi connectivity index (χ1n) is 8.00. The molecule has 0 unspecified atom stereocenters. The lowest BCUT2D eigenvalue weighted by molar-refractivity contribution is -0.140. The monoisotopic (exact) mass is 345 g/mol. The molecule has 2 N–H and O–H groups in total. The molecule has 0 bridgehead atoms. The fourth-order valence-corrected chi connectivity index (χ4v) is 3.02. The van der Waals surface area contributed by atoms with Gasteiger partial charge in [-0.3, -0.25) is 0 Å². The molecule has 128 valence electrons. The Morgan fingerprint density at radius 2 is 2.12 bits per heavy atom. The van der Waals surface area contributed by atoms with E-state index in [1.165, 1.54) is 6.92 Å². The zero-order chi connectivity index (χ0) is 18.3. The number of aromatic amines is 1. The maximum absolute atomic E-state index is 11.2. The van der Waals surface area contributed by atoms with E-state index in [0.29, 0.717) is 22.7 Å². The number of aromatic hydroxyl groups is 1. The highest BCUT2D eigenvalue weighted by Gasteiger charge is 2.29. The predicted molar refractivity (Wildman–Crippen MR) is 101 cm³/mol. The van der Waals surface area contributed by atoms with Crippen molar-refractivity contribution in [2.24, 2.45) is 10.1 Å². The van der Waals surface area contributed by atoms with E-state index in [1.54, 1.807) is 6.08 Å². The van der Waals surface area contributed by atoms with Crippen LogP contribution in [0.15, 0.2) is 59.2 Å². The second-order valence-corrected chi connectivity index (χ2v) is 5.86. The van der Waals surface area contributed by atoms with Crippen molar-refractivity contribution in [2.45, 2.75) is 6.92 Å². The number of fused-ring (bicyclic) bond motifs is 2. The van der Waals surface area contributed by atoms with Crippen LogP contribution < -0.4 is 0 Å². The van der Waals surface area contributed by atoms with Crippen LogP contribution in [0.25, 0.3) is 17.0 Å². The molecule has 3 aromatic rings. The summed E-state index contributed by atoms with van der Waals surface area (Å²) in [5, 5.41) is 15.3. The smallest absolute Gasteiger partial charge is 0.332 e. The van der Waals surface area contributed by atoms with E-state index in [2.05, 4.69) is 21.7 Å². The van der Waals surface area contributed by atoms with Crippen LogP contribution in [0.1, 0.15) is 23.6 Å². The van der Waals surface area contributed by atoms with Crippen LogP contribution in [0.5, 0.6) is 5.88 Å². The molecule has 0 fully saturated rings. The molecule has 26 heavy (non-hydrogen) atoms. The Morgan fingerprint density at radius 3 is 2.88 bits per heavy atom. The molecular formula is C20H15N3O3. The third-order valence-electron chi connectivity index (χ3n) is 4.16. The Hall–Kier alpha value is -3.67. The minimum atomic E-state index is -0.528. The van der Waals surface area contributed by atoms with Crippen LogP contribution in [-0.4, -0.2) is 27.5 Å². The molecular weight excluding hydrogens is 330 g/mol. The third kappa shape index (κ3) is 2.48. The Kier molecular flexibility index (Phi) is 3.65. The highest BCUT2D eigenvalue weighted by atomic mass is 16.7. The van der Waals surface area contributed by atoms with Crippen LogP contribution in [0.2, 0.25) is 0 Å². The zero-order valence-corrected chi connectivity index (χ0v) is 14.0. The summed E-state index contributed by atoms with van der Waals surface area (Å²) in [6, 6.07) is 13.1. The van der Waals surface area contributed by atoms with Gasteiger partial charge in [0.2, 0.25) is 0 Å². The van der Waals surface area contributed by atoms with Crippen LogP contribution in [0.4, 0.5) is 5.69 Å². The van der Waals surface area contributed by atoms with Gasteiger partial charge in [-0.05, 0) is 17.7 Å². The zero-order valence-electron chi connectivity index (χ0n) is 14.0. The van der Waals surface area contributed by atoms with Crippen LogP contribution in [0, 0.1) is 0 Å². The molecule has 0 amide bonds. The fraction of sp³-hybridized carbons (Fsp3) is 0.0500. The van der Waals surface area contributed by atoms with E-state index in [0.717, 1.165) is 22.0 Å². The topological polar surface area (TPSA) is 87.0 Å². The first-order chi connectivity index (χ1) is 12.6. The number of hydrogen-bond acceptors (Lipinski definition) is 5. The maximum Gasteiger partial charge on any atom is 0.332 e. The Bertz CT molecular complexity index is 1120. The predicted octanol–water partition coefficient (Wildman–Crippen LogP) is 3.92. The van der Waals surface area contributed by atoms with E-state index in [4.69, 9.17) is 4.84 Å². The summed E-state index contributed by atoms with van der Waals surface area (Å²) in [5.41, 5.74) is 4.47. The number of nitrogens with zero attached hydrogens (tertiary/aromatic N) is 2. The molecule has 6 heteroatoms. The van der Waals surface area contributed by atoms with E-state index in [9.17, 15) is 9.90 Å². The SMILES string of the molecule is C=Cc1ccc2c(C3=Nc4ccccc4/C3=N\OC(C)=O)c(O)[nH]c2c1. The van der Waals surface area contributed by atoms with Crippen molar-refractivity contribution in [2.75, 3.05) is 0 Å². The van der Waals surface area contributed by atoms with Crippen molar-refractivity contribution in [1.29, 1.82) is 0 Å². The molecule has 0 atom stereocenters. The number of nitrogens with one attached hydrogen (secondary N) is 1. The summed E-state index contributed by atoms with van der Waals surface area (Å²) >= 11 is 0. The number of carbonyl (C=O) groups is 1. The van der Waals surface area contributed by atoms with Gasteiger partial charge in [-0.2, -0.15) is 0 Å². The van der Waals surface area contributed by atoms with Crippen LogP contribution in [0.3, 0.4) is 0 Å². The van der Waals surface area contributed by atoms with Gasteiger partial charge in [0, 0.05) is 23.4 Å². The van der Waals surface area contributed by atoms with Crippen molar-refractivity contribution in [1.82, 2.24) is 4.98 Å². The molecule has 0 spiro atoms. The summed E-state index contributed by atoms with van der Waals surface area (Å²) in [6.07, 6.45) is 1.73. The molecule has 1 aliphatic rings. The Labute approximate surface area is 149 Å². The molecule has 1 aliphatic heterocycles. The molecule has 0 aliphatic carbocycles. The van der Waals surface area contributed by atoms with Crippen molar-refractivity contribution in [3.05, 3.63) is 65.7 Å². The molecule has 0 saturated carbocycles.